The molecule has 5 heteroatoms. The second-order valence-corrected chi connectivity index (χ2v) is 5.09. The summed E-state index contributed by atoms with van der Waals surface area (Å²) in [5.41, 5.74) is 8.85. The van der Waals surface area contributed by atoms with Crippen LogP contribution in [0.5, 0.6) is 0 Å². The summed E-state index contributed by atoms with van der Waals surface area (Å²) in [4.78, 5) is 4.48. The molecule has 2 aromatic carbocycles. The van der Waals surface area contributed by atoms with Gasteiger partial charge in [0.05, 0.1) is 22.7 Å². The average Bonchev–Trinajstić information content (AvgIpc) is 2.85. The molecular weight excluding hydrogens is 279 g/mol. The predicted octanol–water partition coefficient (Wildman–Crippen LogP) is 2.60. The van der Waals surface area contributed by atoms with E-state index in [4.69, 9.17) is 11.0 Å². The summed E-state index contributed by atoms with van der Waals surface area (Å²) >= 11 is 0. The maximum absolute atomic E-state index is 13.4. The molecule has 3 rings (SSSR count). The highest BCUT2D eigenvalue weighted by molar-refractivity contribution is 5.76. The summed E-state index contributed by atoms with van der Waals surface area (Å²) in [5.74, 6) is 0.544. The van der Waals surface area contributed by atoms with Crippen molar-refractivity contribution in [2.75, 3.05) is 6.54 Å². The van der Waals surface area contributed by atoms with Gasteiger partial charge in [-0.25, -0.2) is 9.37 Å². The first-order chi connectivity index (χ1) is 10.7. The van der Waals surface area contributed by atoms with E-state index in [-0.39, 0.29) is 5.82 Å². The predicted molar refractivity (Wildman–Crippen MR) is 82.7 cm³/mol. The fourth-order valence-corrected chi connectivity index (χ4v) is 2.52. The van der Waals surface area contributed by atoms with E-state index in [1.165, 1.54) is 12.1 Å². The summed E-state index contributed by atoms with van der Waals surface area (Å²) in [6.45, 7) is 1.10. The van der Waals surface area contributed by atoms with Crippen molar-refractivity contribution in [3.8, 4) is 6.07 Å². The molecule has 0 bridgehead atoms. The van der Waals surface area contributed by atoms with Crippen LogP contribution in [0.1, 0.15) is 17.0 Å². The van der Waals surface area contributed by atoms with Gasteiger partial charge in [0.1, 0.15) is 11.6 Å². The van der Waals surface area contributed by atoms with Crippen LogP contribution in [-0.4, -0.2) is 16.1 Å². The van der Waals surface area contributed by atoms with E-state index in [9.17, 15) is 4.39 Å². The van der Waals surface area contributed by atoms with Crippen molar-refractivity contribution in [1.29, 1.82) is 5.26 Å². The SMILES string of the molecule is N#Cc1ccc(Cn2c(CCN)nc3cc(F)ccc32)cc1. The molecule has 4 nitrogen and oxygen atoms in total. The fraction of sp³-hybridized carbons (Fsp3) is 0.176. The number of aromatic nitrogens is 2. The van der Waals surface area contributed by atoms with Gasteiger partial charge in [-0.05, 0) is 36.4 Å². The Bertz CT molecular complexity index is 843. The zero-order valence-electron chi connectivity index (χ0n) is 12.0. The van der Waals surface area contributed by atoms with Gasteiger partial charge >= 0.3 is 0 Å². The van der Waals surface area contributed by atoms with Gasteiger partial charge in [-0.2, -0.15) is 5.26 Å². The van der Waals surface area contributed by atoms with Gasteiger partial charge in [-0.15, -0.1) is 0 Å². The Morgan fingerprint density at radius 3 is 2.64 bits per heavy atom. The summed E-state index contributed by atoms with van der Waals surface area (Å²) in [5, 5.41) is 8.85. The topological polar surface area (TPSA) is 67.6 Å². The minimum atomic E-state index is -0.296. The molecule has 110 valence electrons. The number of halogens is 1. The minimum Gasteiger partial charge on any atom is -0.330 e. The van der Waals surface area contributed by atoms with Crippen LogP contribution in [0.2, 0.25) is 0 Å². The maximum Gasteiger partial charge on any atom is 0.125 e. The summed E-state index contributed by atoms with van der Waals surface area (Å²) in [6, 6.07) is 14.1. The average molecular weight is 294 g/mol. The molecule has 0 aliphatic heterocycles. The van der Waals surface area contributed by atoms with Gasteiger partial charge < -0.3 is 10.3 Å². The molecule has 0 saturated carbocycles. The highest BCUT2D eigenvalue weighted by Crippen LogP contribution is 2.19. The van der Waals surface area contributed by atoms with Crippen molar-refractivity contribution in [2.24, 2.45) is 5.73 Å². The second kappa shape index (κ2) is 5.96. The lowest BCUT2D eigenvalue weighted by molar-refractivity contribution is 0.629. The molecule has 0 fully saturated rings. The zero-order chi connectivity index (χ0) is 15.5. The Labute approximate surface area is 127 Å². The third kappa shape index (κ3) is 2.69. The van der Waals surface area contributed by atoms with E-state index in [0.717, 1.165) is 16.9 Å². The molecule has 0 spiro atoms. The Morgan fingerprint density at radius 2 is 1.95 bits per heavy atom. The highest BCUT2D eigenvalue weighted by Gasteiger charge is 2.11. The molecule has 1 aromatic heterocycles. The summed E-state index contributed by atoms with van der Waals surface area (Å²) in [6.07, 6.45) is 0.632. The van der Waals surface area contributed by atoms with E-state index in [0.29, 0.717) is 30.6 Å². The lowest BCUT2D eigenvalue weighted by atomic mass is 10.1. The van der Waals surface area contributed by atoms with Gasteiger partial charge in [0.2, 0.25) is 0 Å². The van der Waals surface area contributed by atoms with E-state index in [1.807, 2.05) is 16.7 Å². The van der Waals surface area contributed by atoms with Crippen LogP contribution in [-0.2, 0) is 13.0 Å². The molecule has 22 heavy (non-hydrogen) atoms. The van der Waals surface area contributed by atoms with Crippen LogP contribution in [0.3, 0.4) is 0 Å². The second-order valence-electron chi connectivity index (χ2n) is 5.09. The monoisotopic (exact) mass is 294 g/mol. The van der Waals surface area contributed by atoms with Gasteiger partial charge in [0, 0.05) is 19.0 Å². The number of hydrogen-bond acceptors (Lipinski definition) is 3. The number of nitrogens with zero attached hydrogens (tertiary/aromatic N) is 3. The fourth-order valence-electron chi connectivity index (χ4n) is 2.52. The summed E-state index contributed by atoms with van der Waals surface area (Å²) < 4.78 is 15.4. The van der Waals surface area contributed by atoms with E-state index in [1.54, 1.807) is 18.2 Å². The van der Waals surface area contributed by atoms with Crippen molar-refractivity contribution in [3.63, 3.8) is 0 Å². The number of nitriles is 1. The first-order valence-electron chi connectivity index (χ1n) is 7.05. The normalized spacial score (nSPS) is 10.8. The number of rotatable bonds is 4. The van der Waals surface area contributed by atoms with Crippen LogP contribution in [0.15, 0.2) is 42.5 Å². The highest BCUT2D eigenvalue weighted by atomic mass is 19.1. The number of imidazole rings is 1. The molecule has 0 unspecified atom stereocenters. The quantitative estimate of drug-likeness (QED) is 0.804. The molecule has 1 heterocycles. The van der Waals surface area contributed by atoms with Gasteiger partial charge in [0.15, 0.2) is 0 Å². The largest absolute Gasteiger partial charge is 0.330 e. The number of hydrogen-bond donors (Lipinski definition) is 1. The van der Waals surface area contributed by atoms with Crippen LogP contribution in [0.4, 0.5) is 4.39 Å². The van der Waals surface area contributed by atoms with Gasteiger partial charge in [-0.1, -0.05) is 12.1 Å². The molecule has 0 aliphatic carbocycles. The van der Waals surface area contributed by atoms with Crippen LogP contribution >= 0.6 is 0 Å². The zero-order valence-corrected chi connectivity index (χ0v) is 12.0. The van der Waals surface area contributed by atoms with Crippen LogP contribution in [0, 0.1) is 17.1 Å². The Balaban J connectivity index is 2.03. The number of benzene rings is 2. The van der Waals surface area contributed by atoms with E-state index < -0.39 is 0 Å². The van der Waals surface area contributed by atoms with Gasteiger partial charge in [0.25, 0.3) is 0 Å². The molecule has 0 radical (unpaired) electrons. The van der Waals surface area contributed by atoms with Crippen molar-refractivity contribution >= 4 is 11.0 Å². The van der Waals surface area contributed by atoms with Crippen molar-refractivity contribution < 1.29 is 4.39 Å². The molecular formula is C17H15FN4. The minimum absolute atomic E-state index is 0.296. The molecule has 0 saturated heterocycles. The number of fused-ring (bicyclic) bond motifs is 1. The molecule has 3 aromatic rings. The lowest BCUT2D eigenvalue weighted by Gasteiger charge is -2.09. The Hall–Kier alpha value is -2.71. The molecule has 2 N–H and O–H groups in total. The molecule has 0 amide bonds. The third-order valence-corrected chi connectivity index (χ3v) is 3.58. The Morgan fingerprint density at radius 1 is 1.18 bits per heavy atom. The maximum atomic E-state index is 13.4. The van der Waals surface area contributed by atoms with E-state index in [2.05, 4.69) is 11.1 Å². The van der Waals surface area contributed by atoms with Crippen molar-refractivity contribution in [1.82, 2.24) is 9.55 Å². The lowest BCUT2D eigenvalue weighted by Crippen LogP contribution is -2.10. The third-order valence-electron chi connectivity index (χ3n) is 3.58. The standard InChI is InChI=1S/C17H15FN4/c18-14-5-6-16-15(9-14)21-17(7-8-19)22(16)11-13-3-1-12(10-20)2-4-13/h1-6,9H,7-8,11,19H2. The Kier molecular flexibility index (Phi) is 3.86. The van der Waals surface area contributed by atoms with Crippen LogP contribution in [0.25, 0.3) is 11.0 Å². The molecule has 0 aliphatic rings. The summed E-state index contributed by atoms with van der Waals surface area (Å²) in [7, 11) is 0. The smallest absolute Gasteiger partial charge is 0.125 e. The van der Waals surface area contributed by atoms with E-state index >= 15 is 0 Å². The molecule has 0 atom stereocenters. The van der Waals surface area contributed by atoms with Crippen molar-refractivity contribution in [2.45, 2.75) is 13.0 Å². The van der Waals surface area contributed by atoms with Crippen molar-refractivity contribution in [3.05, 3.63) is 65.2 Å². The first kappa shape index (κ1) is 14.2. The first-order valence-corrected chi connectivity index (χ1v) is 7.05. The number of nitrogens with two attached hydrogens (primary N) is 1. The van der Waals surface area contributed by atoms with Gasteiger partial charge in [-0.3, -0.25) is 0 Å². The van der Waals surface area contributed by atoms with Crippen LogP contribution < -0.4 is 5.73 Å².